The molecule has 0 spiro atoms. The molecule has 1 aromatic heterocycles. The number of aromatic amines is 1. The monoisotopic (exact) mass is 362 g/mol. The summed E-state index contributed by atoms with van der Waals surface area (Å²) in [5, 5.41) is 19.4. The zero-order valence-electron chi connectivity index (χ0n) is 15.2. The van der Waals surface area contributed by atoms with Crippen LogP contribution in [0, 0.1) is 17.1 Å². The Morgan fingerprint density at radius 1 is 1.36 bits per heavy atom. The summed E-state index contributed by atoms with van der Waals surface area (Å²) in [7, 11) is 0. The molecule has 2 rings (SSSR count). The highest BCUT2D eigenvalue weighted by molar-refractivity contribution is 7.71. The Kier molecular flexibility index (Phi) is 6.13. The zero-order chi connectivity index (χ0) is 18.6. The third-order valence-electron chi connectivity index (χ3n) is 3.81. The molecule has 0 aliphatic heterocycles. The number of nitrogens with zero attached hydrogens (tertiary/aromatic N) is 2. The van der Waals surface area contributed by atoms with Crippen LogP contribution < -0.4 is 5.32 Å². The lowest BCUT2D eigenvalue weighted by molar-refractivity contribution is -0.122. The first-order valence-corrected chi connectivity index (χ1v) is 8.73. The number of carbonyl (C=O) groups is 1. The number of hydrogen-bond donors (Lipinski definition) is 3. The molecule has 6 nitrogen and oxygen atoms in total. The minimum atomic E-state index is -0.281. The van der Waals surface area contributed by atoms with E-state index in [1.165, 1.54) is 0 Å². The fraction of sp³-hybridized carbons (Fsp3) is 0.500. The van der Waals surface area contributed by atoms with Gasteiger partial charge in [0.1, 0.15) is 6.54 Å². The summed E-state index contributed by atoms with van der Waals surface area (Å²) in [6.45, 7) is 8.19. The molecule has 0 aliphatic carbocycles. The molecule has 25 heavy (non-hydrogen) atoms. The van der Waals surface area contributed by atoms with E-state index in [0.717, 1.165) is 11.1 Å². The van der Waals surface area contributed by atoms with Gasteiger partial charge in [0.05, 0.1) is 12.6 Å². The van der Waals surface area contributed by atoms with Crippen molar-refractivity contribution in [3.8, 4) is 11.4 Å². The van der Waals surface area contributed by atoms with Gasteiger partial charge in [-0.15, -0.1) is 0 Å². The molecule has 136 valence electrons. The molecule has 1 heterocycles. The number of aromatic nitrogens is 3. The summed E-state index contributed by atoms with van der Waals surface area (Å²) in [6.07, 6.45) is 0.691. The first-order valence-electron chi connectivity index (χ1n) is 8.32. The van der Waals surface area contributed by atoms with Crippen LogP contribution in [-0.2, 0) is 11.3 Å². The number of H-pyrrole nitrogens is 1. The van der Waals surface area contributed by atoms with Gasteiger partial charge in [-0.25, -0.2) is 0 Å². The zero-order valence-corrected chi connectivity index (χ0v) is 16.0. The van der Waals surface area contributed by atoms with Crippen LogP contribution in [0.3, 0.4) is 0 Å². The van der Waals surface area contributed by atoms with Gasteiger partial charge in [0.2, 0.25) is 5.91 Å². The van der Waals surface area contributed by atoms with E-state index in [0.29, 0.717) is 17.0 Å². The fourth-order valence-electron chi connectivity index (χ4n) is 2.70. The van der Waals surface area contributed by atoms with Gasteiger partial charge in [0.25, 0.3) is 0 Å². The summed E-state index contributed by atoms with van der Waals surface area (Å²) >= 11 is 5.26. The summed E-state index contributed by atoms with van der Waals surface area (Å²) in [6, 6.07) is 7.59. The Hall–Kier alpha value is -1.99. The topological polar surface area (TPSA) is 82.9 Å². The molecule has 1 amide bonds. The Morgan fingerprint density at radius 3 is 2.56 bits per heavy atom. The van der Waals surface area contributed by atoms with Crippen molar-refractivity contribution < 1.29 is 9.90 Å². The van der Waals surface area contributed by atoms with Crippen molar-refractivity contribution in [1.82, 2.24) is 20.1 Å². The third kappa shape index (κ3) is 5.51. The van der Waals surface area contributed by atoms with Gasteiger partial charge in [-0.3, -0.25) is 14.5 Å². The molecular weight excluding hydrogens is 336 g/mol. The van der Waals surface area contributed by atoms with E-state index in [2.05, 4.69) is 36.3 Å². The van der Waals surface area contributed by atoms with Crippen LogP contribution in [0.2, 0.25) is 0 Å². The second kappa shape index (κ2) is 7.93. The van der Waals surface area contributed by atoms with Gasteiger partial charge in [-0.1, -0.05) is 50.6 Å². The van der Waals surface area contributed by atoms with Crippen LogP contribution >= 0.6 is 12.2 Å². The molecule has 0 radical (unpaired) electrons. The second-order valence-electron chi connectivity index (χ2n) is 7.52. The van der Waals surface area contributed by atoms with E-state index in [1.54, 1.807) is 4.57 Å². The van der Waals surface area contributed by atoms with E-state index >= 15 is 0 Å². The maximum atomic E-state index is 12.4. The Labute approximate surface area is 153 Å². The van der Waals surface area contributed by atoms with Gasteiger partial charge < -0.3 is 10.4 Å². The smallest absolute Gasteiger partial charge is 0.240 e. The van der Waals surface area contributed by atoms with Gasteiger partial charge in [-0.05, 0) is 31.0 Å². The van der Waals surface area contributed by atoms with Crippen LogP contribution in [0.1, 0.15) is 32.8 Å². The van der Waals surface area contributed by atoms with E-state index in [9.17, 15) is 9.90 Å². The van der Waals surface area contributed by atoms with Crippen LogP contribution in [-0.4, -0.2) is 38.4 Å². The van der Waals surface area contributed by atoms with Gasteiger partial charge >= 0.3 is 0 Å². The molecule has 1 atom stereocenters. The number of aryl methyl sites for hydroxylation is 1. The predicted molar refractivity (Wildman–Crippen MR) is 101 cm³/mol. The summed E-state index contributed by atoms with van der Waals surface area (Å²) in [5.41, 5.74) is 2.05. The standard InChI is InChI=1S/C18H26N4O2S/c1-12-5-7-13(8-6-12)16-20-21-17(25)22(16)10-15(24)19-14(11-23)9-18(2,3)4/h5-8,14,23H,9-11H2,1-4H3,(H,19,24)(H,21,25)/t14-/m0/s1. The van der Waals surface area contributed by atoms with E-state index in [4.69, 9.17) is 12.2 Å². The number of rotatable bonds is 6. The van der Waals surface area contributed by atoms with Crippen molar-refractivity contribution >= 4 is 18.1 Å². The molecule has 0 fully saturated rings. The lowest BCUT2D eigenvalue weighted by Crippen LogP contribution is -2.41. The maximum absolute atomic E-state index is 12.4. The van der Waals surface area contributed by atoms with Crippen LogP contribution in [0.5, 0.6) is 0 Å². The van der Waals surface area contributed by atoms with Crippen LogP contribution in [0.15, 0.2) is 24.3 Å². The van der Waals surface area contributed by atoms with Crippen molar-refractivity contribution in [2.75, 3.05) is 6.61 Å². The van der Waals surface area contributed by atoms with E-state index in [-0.39, 0.29) is 30.5 Å². The van der Waals surface area contributed by atoms with Gasteiger partial charge in [0, 0.05) is 5.56 Å². The minimum absolute atomic E-state index is 0.0136. The molecule has 0 unspecified atom stereocenters. The van der Waals surface area contributed by atoms with E-state index in [1.807, 2.05) is 31.2 Å². The maximum Gasteiger partial charge on any atom is 0.240 e. The number of nitrogens with one attached hydrogen (secondary N) is 2. The molecule has 7 heteroatoms. The highest BCUT2D eigenvalue weighted by Crippen LogP contribution is 2.21. The molecule has 0 bridgehead atoms. The SMILES string of the molecule is Cc1ccc(-c2n[nH]c(=S)n2CC(=O)N[C@H](CO)CC(C)(C)C)cc1. The van der Waals surface area contributed by atoms with Crippen molar-refractivity contribution in [3.63, 3.8) is 0 Å². The second-order valence-corrected chi connectivity index (χ2v) is 7.90. The molecule has 0 aliphatic rings. The largest absolute Gasteiger partial charge is 0.394 e. The average molecular weight is 362 g/mol. The minimum Gasteiger partial charge on any atom is -0.394 e. The normalized spacial score (nSPS) is 12.8. The lowest BCUT2D eigenvalue weighted by Gasteiger charge is -2.25. The summed E-state index contributed by atoms with van der Waals surface area (Å²) in [4.78, 5) is 12.4. The fourth-order valence-corrected chi connectivity index (χ4v) is 2.90. The molecule has 0 saturated heterocycles. The summed E-state index contributed by atoms with van der Waals surface area (Å²) < 4.78 is 2.06. The van der Waals surface area contributed by atoms with Crippen molar-refractivity contribution in [3.05, 3.63) is 34.6 Å². The number of hydrogen-bond acceptors (Lipinski definition) is 4. The quantitative estimate of drug-likeness (QED) is 0.690. The molecule has 0 saturated carbocycles. The number of benzene rings is 1. The Bertz CT molecular complexity index is 772. The first kappa shape index (κ1) is 19.3. The lowest BCUT2D eigenvalue weighted by atomic mass is 9.88. The Balaban J connectivity index is 2.15. The van der Waals surface area contributed by atoms with Crippen molar-refractivity contribution in [2.24, 2.45) is 5.41 Å². The van der Waals surface area contributed by atoms with Gasteiger partial charge in [0.15, 0.2) is 10.6 Å². The van der Waals surface area contributed by atoms with Crippen molar-refractivity contribution in [2.45, 2.75) is 46.7 Å². The van der Waals surface area contributed by atoms with Crippen LogP contribution in [0.25, 0.3) is 11.4 Å². The van der Waals surface area contributed by atoms with Crippen molar-refractivity contribution in [1.29, 1.82) is 0 Å². The van der Waals surface area contributed by atoms with E-state index < -0.39 is 0 Å². The third-order valence-corrected chi connectivity index (χ3v) is 4.13. The molecule has 1 aromatic carbocycles. The number of amides is 1. The number of aliphatic hydroxyl groups is 1. The van der Waals surface area contributed by atoms with Gasteiger partial charge in [-0.2, -0.15) is 5.10 Å². The molecule has 3 N–H and O–H groups in total. The number of carbonyl (C=O) groups excluding carboxylic acids is 1. The molecule has 2 aromatic rings. The Morgan fingerprint density at radius 2 is 2.00 bits per heavy atom. The summed E-state index contributed by atoms with van der Waals surface area (Å²) in [5.74, 6) is 0.422. The first-order chi connectivity index (χ1) is 11.7. The average Bonchev–Trinajstić information content (AvgIpc) is 2.87. The van der Waals surface area contributed by atoms with Crippen LogP contribution in [0.4, 0.5) is 0 Å². The molecular formula is C18H26N4O2S. The number of aliphatic hydroxyl groups excluding tert-OH is 1. The predicted octanol–water partition coefficient (Wildman–Crippen LogP) is 2.83. The highest BCUT2D eigenvalue weighted by atomic mass is 32.1. The highest BCUT2D eigenvalue weighted by Gasteiger charge is 2.20.